The van der Waals surface area contributed by atoms with Gasteiger partial charge >= 0.3 is 225 Å². The standard InChI is InChI=1S/C27H21Br2F3NOP.C9H5BrF3N.CH3F/c28-21-16-17-25(33-26(34)27(30,31)32)20(18-21)19-35(29,22-10-4-1-5-11-22,23-12-6-2-7-13-23)24-14-8-3-9-15-24;10-6-1-2-7-5(3-6)4-8(14-7)9(11,12)13;1-2/h1-18H,19H2,(H,33,34);1-4,14H;1H3/i;;1D. The molecule has 0 aliphatic heterocycles. The first kappa shape index (κ1) is 38.7. The van der Waals surface area contributed by atoms with Crippen molar-refractivity contribution in [2.75, 3.05) is 12.5 Å². The van der Waals surface area contributed by atoms with Crippen molar-refractivity contribution in [3.05, 3.63) is 154 Å². The molecule has 0 spiro atoms. The zero-order chi connectivity index (χ0) is 38.2. The summed E-state index contributed by atoms with van der Waals surface area (Å²) in [4.78, 5) is 14.2. The molecule has 3 nitrogen and oxygen atoms in total. The molecule has 0 atom stereocenters. The van der Waals surface area contributed by atoms with E-state index in [4.69, 9.17) is 1.37 Å². The van der Waals surface area contributed by atoms with Crippen LogP contribution >= 0.6 is 52.7 Å². The van der Waals surface area contributed by atoms with Crippen molar-refractivity contribution in [1.29, 1.82) is 0 Å². The van der Waals surface area contributed by atoms with Crippen molar-refractivity contribution in [3.8, 4) is 0 Å². The van der Waals surface area contributed by atoms with Crippen LogP contribution in [0.5, 0.6) is 0 Å². The van der Waals surface area contributed by atoms with Crippen molar-refractivity contribution < 1.29 is 36.9 Å². The molecule has 1 aromatic heterocycles. The molecule has 6 rings (SSSR count). The van der Waals surface area contributed by atoms with E-state index in [1.807, 2.05) is 91.0 Å². The van der Waals surface area contributed by atoms with Crippen LogP contribution in [0.25, 0.3) is 10.9 Å². The van der Waals surface area contributed by atoms with Crippen LogP contribution < -0.4 is 21.2 Å². The van der Waals surface area contributed by atoms with E-state index >= 15 is 0 Å². The summed E-state index contributed by atoms with van der Waals surface area (Å²) >= 11 is 11.0. The number of amides is 1. The molecule has 0 fully saturated rings. The topological polar surface area (TPSA) is 44.9 Å². The maximum atomic E-state index is 13.1. The molecule has 0 radical (unpaired) electrons. The van der Waals surface area contributed by atoms with Gasteiger partial charge in [-0.2, -0.15) is 13.2 Å². The number of alkyl halides is 7. The number of anilines is 1. The van der Waals surface area contributed by atoms with Gasteiger partial charge in [0.15, 0.2) is 0 Å². The Morgan fingerprint density at radius 2 is 1.18 bits per heavy atom. The van der Waals surface area contributed by atoms with Crippen LogP contribution in [0.1, 0.15) is 12.6 Å². The summed E-state index contributed by atoms with van der Waals surface area (Å²) in [5.74, 6) is -2.00. The summed E-state index contributed by atoms with van der Waals surface area (Å²) in [5, 5.41) is 2.21. The summed E-state index contributed by atoms with van der Waals surface area (Å²) in [7, 11) is -1.00. The van der Waals surface area contributed by atoms with Gasteiger partial charge < -0.3 is 4.98 Å². The van der Waals surface area contributed by atoms with Gasteiger partial charge in [0.25, 0.3) is 0 Å². The average molecular weight is 922 g/mol. The van der Waals surface area contributed by atoms with Crippen LogP contribution in [0.4, 0.5) is 36.4 Å². The molecule has 0 saturated carbocycles. The Morgan fingerprint density at radius 3 is 1.63 bits per heavy atom. The van der Waals surface area contributed by atoms with Crippen molar-refractivity contribution >= 4 is 91.1 Å². The summed E-state index contributed by atoms with van der Waals surface area (Å²) in [5.41, 5.74) is 0.459. The minimum absolute atomic E-state index is 0.117. The molecule has 6 aromatic rings. The summed E-state index contributed by atoms with van der Waals surface area (Å²) in [6.45, 7) is 0. The molecule has 1 amide bonds. The van der Waals surface area contributed by atoms with E-state index in [0.29, 0.717) is 27.1 Å². The van der Waals surface area contributed by atoms with Crippen LogP contribution in [0.2, 0.25) is 0 Å². The normalized spacial score (nSPS) is 12.7. The number of aromatic amines is 1. The van der Waals surface area contributed by atoms with E-state index in [9.17, 15) is 35.5 Å². The van der Waals surface area contributed by atoms with Gasteiger partial charge in [0, 0.05) is 15.4 Å². The molecule has 5 aromatic carbocycles. The number of carbonyl (C=O) groups is 1. The van der Waals surface area contributed by atoms with Crippen molar-refractivity contribution in [2.24, 2.45) is 0 Å². The molecule has 268 valence electrons. The second-order valence-corrected chi connectivity index (χ2v) is 21.8. The molecule has 2 N–H and O–H groups in total. The number of hydrogen-bond donors (Lipinski definition) is 2. The number of H-pyrrole nitrogens is 1. The number of benzene rings is 5. The van der Waals surface area contributed by atoms with Gasteiger partial charge in [0.05, 0.1) is 8.52 Å². The van der Waals surface area contributed by atoms with Crippen LogP contribution in [0.3, 0.4) is 0 Å². The fourth-order valence-electron chi connectivity index (χ4n) is 5.52. The fourth-order valence-corrected chi connectivity index (χ4v) is 14.0. The first-order valence-electron chi connectivity index (χ1n) is 15.5. The monoisotopic (exact) mass is 919 g/mol. The number of aromatic nitrogens is 1. The second-order valence-electron chi connectivity index (χ2n) is 11.0. The summed E-state index contributed by atoms with van der Waals surface area (Å²) < 4.78 is 93.2. The third-order valence-corrected chi connectivity index (χ3v) is 18.3. The first-order chi connectivity index (χ1) is 24.5. The quantitative estimate of drug-likeness (QED) is 0.127. The maximum absolute atomic E-state index is 13.1. The molecule has 0 aliphatic carbocycles. The van der Waals surface area contributed by atoms with Crippen LogP contribution in [-0.4, -0.2) is 24.2 Å². The third-order valence-electron chi connectivity index (χ3n) is 7.81. The largest absolute Gasteiger partial charge is 0.255 e. The van der Waals surface area contributed by atoms with Gasteiger partial charge in [0.1, 0.15) is 5.69 Å². The molecular weight excluding hydrogens is 892 g/mol. The van der Waals surface area contributed by atoms with Crippen molar-refractivity contribution in [2.45, 2.75) is 18.5 Å². The average Bonchev–Trinajstić information content (AvgIpc) is 3.55. The molecule has 0 bridgehead atoms. The zero-order valence-electron chi connectivity index (χ0n) is 27.3. The molecule has 51 heavy (non-hydrogen) atoms. The number of carbonyl (C=O) groups excluding carboxylic acids is 1. The molecule has 0 unspecified atom stereocenters. The Balaban J connectivity index is 0.000000294. The number of rotatable bonds is 6. The van der Waals surface area contributed by atoms with Gasteiger partial charge in [0.2, 0.25) is 0 Å². The summed E-state index contributed by atoms with van der Waals surface area (Å²) in [6, 6.07) is 40.7. The molecular formula is C37H29Br3F7N2OP. The van der Waals surface area contributed by atoms with E-state index in [1.165, 1.54) is 6.07 Å². The minimum atomic E-state index is -5.00. The second kappa shape index (κ2) is 16.4. The third kappa shape index (κ3) is 9.11. The number of nitrogens with one attached hydrogen (secondary N) is 2. The Kier molecular flexibility index (Phi) is 12.5. The fraction of sp³-hybridized carbons (Fsp3) is 0.108. The van der Waals surface area contributed by atoms with E-state index < -0.39 is 36.4 Å². The molecule has 1 heterocycles. The summed E-state index contributed by atoms with van der Waals surface area (Å²) in [6.07, 6.45) is -8.98. The van der Waals surface area contributed by atoms with Gasteiger partial charge in [-0.05, 0) is 24.3 Å². The van der Waals surface area contributed by atoms with Crippen LogP contribution in [0, 0.1) is 0 Å². The predicted molar refractivity (Wildman–Crippen MR) is 205 cm³/mol. The van der Waals surface area contributed by atoms with E-state index in [0.717, 1.165) is 26.5 Å². The minimum Gasteiger partial charge on any atom is -0.255 e. The van der Waals surface area contributed by atoms with Crippen molar-refractivity contribution in [3.63, 3.8) is 0 Å². The zero-order valence-corrected chi connectivity index (χ0v) is 31.9. The smallest absolute Gasteiger partial charge is 0.0785 e. The van der Waals surface area contributed by atoms with Gasteiger partial charge in [-0.3, -0.25) is 4.39 Å². The number of fused-ring (bicyclic) bond motifs is 1. The van der Waals surface area contributed by atoms with E-state index in [2.05, 4.69) is 57.6 Å². The van der Waals surface area contributed by atoms with Crippen LogP contribution in [0.15, 0.2) is 142 Å². The molecule has 0 aliphatic rings. The van der Waals surface area contributed by atoms with Crippen LogP contribution in [-0.2, 0) is 17.1 Å². The first-order valence-corrected chi connectivity index (χ1v) is 20.8. The number of halogens is 10. The Bertz CT molecular complexity index is 2000. The maximum Gasteiger partial charge on any atom is 0.0785 e. The number of hydrogen-bond acceptors (Lipinski definition) is 1. The van der Waals surface area contributed by atoms with Gasteiger partial charge in [-0.25, -0.2) is 0 Å². The van der Waals surface area contributed by atoms with Gasteiger partial charge in [-0.1, -0.05) is 15.9 Å². The predicted octanol–water partition coefficient (Wildman–Crippen LogP) is 11.8. The SMILES string of the molecule is FC(F)(F)c1cc2cc(Br)ccc2[nH]1.O=C(Nc1ccc(Br)cc1CP(Br)(c1ccccc1)(c1ccccc1)c1ccccc1)C(F)(F)F.[2H]CF. The van der Waals surface area contributed by atoms with Gasteiger partial charge in [-0.15, -0.1) is 0 Å². The Morgan fingerprint density at radius 1 is 0.725 bits per heavy atom. The molecule has 0 saturated heterocycles. The Hall–Kier alpha value is -3.51. The van der Waals surface area contributed by atoms with Crippen molar-refractivity contribution in [1.82, 2.24) is 4.98 Å². The van der Waals surface area contributed by atoms with E-state index in [-0.39, 0.29) is 5.69 Å². The molecule has 14 heteroatoms. The van der Waals surface area contributed by atoms with E-state index in [1.54, 1.807) is 30.3 Å². The Labute approximate surface area is 316 Å².